The van der Waals surface area contributed by atoms with Crippen LogP contribution >= 0.6 is 24.0 Å². The van der Waals surface area contributed by atoms with Crippen LogP contribution in [0.25, 0.3) is 0 Å². The minimum absolute atomic E-state index is 0. The van der Waals surface area contributed by atoms with Gasteiger partial charge >= 0.3 is 0 Å². The van der Waals surface area contributed by atoms with E-state index < -0.39 is 0 Å². The second kappa shape index (κ2) is 8.71. The van der Waals surface area contributed by atoms with Crippen LogP contribution in [0.15, 0.2) is 4.99 Å². The summed E-state index contributed by atoms with van der Waals surface area (Å²) >= 11 is 0. The van der Waals surface area contributed by atoms with Crippen molar-refractivity contribution in [2.45, 2.75) is 66.5 Å². The van der Waals surface area contributed by atoms with Crippen LogP contribution in [0, 0.1) is 11.3 Å². The zero-order chi connectivity index (χ0) is 16.3. The van der Waals surface area contributed by atoms with E-state index in [2.05, 4.69) is 63.7 Å². The number of nitrogens with one attached hydrogen (secondary N) is 1. The van der Waals surface area contributed by atoms with Crippen LogP contribution in [0.4, 0.5) is 0 Å². The predicted molar refractivity (Wildman–Crippen MR) is 106 cm³/mol. The molecule has 0 aromatic rings. The molecule has 0 aromatic heterocycles. The molecule has 1 aliphatic rings. The molecule has 1 aliphatic heterocycles. The topological polar surface area (TPSA) is 36.9 Å². The van der Waals surface area contributed by atoms with Crippen LogP contribution in [0.3, 0.4) is 0 Å². The fraction of sp³-hybridized carbons (Fsp3) is 0.941. The van der Waals surface area contributed by atoms with Gasteiger partial charge in [0.15, 0.2) is 5.96 Å². The van der Waals surface area contributed by atoms with E-state index in [0.717, 1.165) is 32.1 Å². The zero-order valence-electron chi connectivity index (χ0n) is 15.7. The number of likely N-dealkylation sites (tertiary alicyclic amines) is 1. The summed E-state index contributed by atoms with van der Waals surface area (Å²) in [7, 11) is 1.87. The first kappa shape index (κ1) is 22.0. The third kappa shape index (κ3) is 4.73. The van der Waals surface area contributed by atoms with Gasteiger partial charge in [0.1, 0.15) is 0 Å². The van der Waals surface area contributed by atoms with Crippen LogP contribution in [-0.4, -0.2) is 49.2 Å². The Morgan fingerprint density at radius 3 is 2.23 bits per heavy atom. The molecule has 1 rings (SSSR count). The normalized spacial score (nSPS) is 21.1. The zero-order valence-corrected chi connectivity index (χ0v) is 18.0. The molecular weight excluding hydrogens is 389 g/mol. The highest BCUT2D eigenvalue weighted by atomic mass is 127. The second-order valence-electron chi connectivity index (χ2n) is 7.53. The van der Waals surface area contributed by atoms with Gasteiger partial charge in [-0.2, -0.15) is 0 Å². The average Bonchev–Trinajstić information content (AvgIpc) is 2.40. The molecule has 22 heavy (non-hydrogen) atoms. The highest BCUT2D eigenvalue weighted by Gasteiger charge is 2.53. The van der Waals surface area contributed by atoms with Gasteiger partial charge < -0.3 is 15.0 Å². The molecule has 1 unspecified atom stereocenters. The van der Waals surface area contributed by atoms with Crippen LogP contribution in [-0.2, 0) is 4.74 Å². The van der Waals surface area contributed by atoms with E-state index in [1.807, 2.05) is 7.05 Å². The number of guanidine groups is 1. The molecule has 1 atom stereocenters. The molecule has 132 valence electrons. The minimum Gasteiger partial charge on any atom is -0.378 e. The summed E-state index contributed by atoms with van der Waals surface area (Å²) in [5.41, 5.74) is 0.475. The largest absolute Gasteiger partial charge is 0.378 e. The van der Waals surface area contributed by atoms with Crippen molar-refractivity contribution in [1.82, 2.24) is 10.2 Å². The lowest BCUT2D eigenvalue weighted by Crippen LogP contribution is -2.72. The maximum atomic E-state index is 5.80. The average molecular weight is 425 g/mol. The summed E-state index contributed by atoms with van der Waals surface area (Å²) in [6.07, 6.45) is 1.34. The Morgan fingerprint density at radius 1 is 1.27 bits per heavy atom. The van der Waals surface area contributed by atoms with E-state index in [-0.39, 0.29) is 29.5 Å². The van der Waals surface area contributed by atoms with Crippen molar-refractivity contribution in [3.63, 3.8) is 0 Å². The summed E-state index contributed by atoms with van der Waals surface area (Å²) in [6.45, 7) is 18.5. The van der Waals surface area contributed by atoms with Gasteiger partial charge in [0.05, 0.1) is 6.10 Å². The molecule has 1 saturated heterocycles. The van der Waals surface area contributed by atoms with Gasteiger partial charge in [-0.1, -0.05) is 27.7 Å². The van der Waals surface area contributed by atoms with Crippen molar-refractivity contribution in [3.05, 3.63) is 0 Å². The van der Waals surface area contributed by atoms with Crippen molar-refractivity contribution in [3.8, 4) is 0 Å². The van der Waals surface area contributed by atoms with Gasteiger partial charge in [0.2, 0.25) is 0 Å². The minimum atomic E-state index is 0. The number of halogens is 1. The molecule has 0 spiro atoms. The number of ether oxygens (including phenoxy) is 1. The molecule has 0 aromatic carbocycles. The van der Waals surface area contributed by atoms with Gasteiger partial charge in [0.25, 0.3) is 0 Å². The summed E-state index contributed by atoms with van der Waals surface area (Å²) < 4.78 is 5.80. The molecule has 0 saturated carbocycles. The highest BCUT2D eigenvalue weighted by Crippen LogP contribution is 2.46. The van der Waals surface area contributed by atoms with E-state index in [1.165, 1.54) is 0 Å². The van der Waals surface area contributed by atoms with E-state index in [4.69, 9.17) is 4.74 Å². The molecule has 1 heterocycles. The second-order valence-corrected chi connectivity index (χ2v) is 7.53. The predicted octanol–water partition coefficient (Wildman–Crippen LogP) is 3.75. The Labute approximate surface area is 154 Å². The van der Waals surface area contributed by atoms with Crippen molar-refractivity contribution in [1.29, 1.82) is 0 Å². The Kier molecular flexibility index (Phi) is 8.70. The van der Waals surface area contributed by atoms with Gasteiger partial charge in [-0.15, -0.1) is 24.0 Å². The molecule has 5 heteroatoms. The first-order valence-electron chi connectivity index (χ1n) is 8.27. The van der Waals surface area contributed by atoms with Gasteiger partial charge in [-0.25, -0.2) is 0 Å². The van der Waals surface area contributed by atoms with E-state index in [1.54, 1.807) is 0 Å². The summed E-state index contributed by atoms with van der Waals surface area (Å²) in [5.74, 6) is 1.56. The van der Waals surface area contributed by atoms with Crippen LogP contribution < -0.4 is 5.32 Å². The first-order valence-corrected chi connectivity index (χ1v) is 8.27. The summed E-state index contributed by atoms with van der Waals surface area (Å²) in [5, 5.41) is 3.50. The highest BCUT2D eigenvalue weighted by molar-refractivity contribution is 14.0. The van der Waals surface area contributed by atoms with Gasteiger partial charge in [-0.05, 0) is 33.1 Å². The summed E-state index contributed by atoms with van der Waals surface area (Å²) in [4.78, 5) is 6.82. The fourth-order valence-electron chi connectivity index (χ4n) is 2.84. The molecule has 0 aliphatic carbocycles. The monoisotopic (exact) mass is 425 g/mol. The molecule has 0 radical (unpaired) electrons. The quantitative estimate of drug-likeness (QED) is 0.400. The Morgan fingerprint density at radius 2 is 1.86 bits per heavy atom. The molecule has 1 N–H and O–H groups in total. The van der Waals surface area contributed by atoms with Crippen molar-refractivity contribution in [2.24, 2.45) is 16.3 Å². The molecular formula is C17H36IN3O. The lowest BCUT2D eigenvalue weighted by molar-refractivity contribution is -0.0669. The first-order chi connectivity index (χ1) is 9.67. The maximum Gasteiger partial charge on any atom is 0.194 e. The van der Waals surface area contributed by atoms with Crippen molar-refractivity contribution < 1.29 is 4.74 Å². The number of hydrogen-bond donors (Lipinski definition) is 1. The lowest BCUT2D eigenvalue weighted by atomic mass is 9.65. The SMILES string of the molecule is CCOC(CCNC(=NC)N1CC(C)(C)C1(C)C)C(C)C.I. The number of hydrogen-bond acceptors (Lipinski definition) is 2. The molecule has 0 bridgehead atoms. The number of rotatable bonds is 6. The Balaban J connectivity index is 0.00000441. The Hall–Kier alpha value is -0.0400. The fourth-order valence-corrected chi connectivity index (χ4v) is 2.84. The lowest BCUT2D eigenvalue weighted by Gasteiger charge is -2.62. The van der Waals surface area contributed by atoms with Crippen LogP contribution in [0.1, 0.15) is 54.9 Å². The van der Waals surface area contributed by atoms with Crippen molar-refractivity contribution >= 4 is 29.9 Å². The Bertz CT molecular complexity index is 367. The summed E-state index contributed by atoms with van der Waals surface area (Å²) in [6, 6.07) is 0. The smallest absolute Gasteiger partial charge is 0.194 e. The number of aliphatic imine (C=N–C) groups is 1. The van der Waals surface area contributed by atoms with E-state index in [0.29, 0.717) is 17.4 Å². The van der Waals surface area contributed by atoms with E-state index in [9.17, 15) is 0 Å². The standard InChI is InChI=1S/C17H35N3O.HI/c1-9-21-14(13(2)3)10-11-19-15(18-8)20-12-16(4,5)17(20,6)7;/h13-14H,9-12H2,1-8H3,(H,18,19);1H. The number of nitrogens with zero attached hydrogens (tertiary/aromatic N) is 2. The van der Waals surface area contributed by atoms with Gasteiger partial charge in [0, 0.05) is 37.7 Å². The molecule has 4 nitrogen and oxygen atoms in total. The molecule has 1 fully saturated rings. The molecule has 0 amide bonds. The van der Waals surface area contributed by atoms with Crippen LogP contribution in [0.2, 0.25) is 0 Å². The van der Waals surface area contributed by atoms with Crippen molar-refractivity contribution in [2.75, 3.05) is 26.7 Å². The van der Waals surface area contributed by atoms with Crippen LogP contribution in [0.5, 0.6) is 0 Å². The maximum absolute atomic E-state index is 5.80. The third-order valence-electron chi connectivity index (χ3n) is 5.19. The van der Waals surface area contributed by atoms with E-state index >= 15 is 0 Å². The van der Waals surface area contributed by atoms with Gasteiger partial charge in [-0.3, -0.25) is 4.99 Å². The third-order valence-corrected chi connectivity index (χ3v) is 5.19.